The molecule has 0 saturated carbocycles. The molecule has 2 atom stereocenters. The van der Waals surface area contributed by atoms with Gasteiger partial charge in [0.05, 0.1) is 4.90 Å². The predicted octanol–water partition coefficient (Wildman–Crippen LogP) is 1.98. The van der Waals surface area contributed by atoms with Crippen LogP contribution in [0.3, 0.4) is 0 Å². The fourth-order valence-electron chi connectivity index (χ4n) is 2.60. The first kappa shape index (κ1) is 19.1. The summed E-state index contributed by atoms with van der Waals surface area (Å²) in [5.41, 5.74) is 0.407. The highest BCUT2D eigenvalue weighted by molar-refractivity contribution is 7.89. The van der Waals surface area contributed by atoms with Crippen LogP contribution in [0.4, 0.5) is 0 Å². The van der Waals surface area contributed by atoms with Crippen LogP contribution in [0.25, 0.3) is 0 Å². The van der Waals surface area contributed by atoms with Gasteiger partial charge in [0.1, 0.15) is 0 Å². The third-order valence-corrected chi connectivity index (χ3v) is 5.49. The second-order valence-corrected chi connectivity index (χ2v) is 7.31. The van der Waals surface area contributed by atoms with Gasteiger partial charge in [0.2, 0.25) is 10.0 Å². The molecule has 5 nitrogen and oxygen atoms in total. The summed E-state index contributed by atoms with van der Waals surface area (Å²) < 4.78 is 27.6. The summed E-state index contributed by atoms with van der Waals surface area (Å²) in [6.45, 7) is 5.15. The van der Waals surface area contributed by atoms with E-state index in [0.717, 1.165) is 25.9 Å². The molecule has 0 aliphatic carbocycles. The predicted molar refractivity (Wildman–Crippen MR) is 89.1 cm³/mol. The van der Waals surface area contributed by atoms with Crippen molar-refractivity contribution in [3.05, 3.63) is 29.8 Å². The number of hydrogen-bond acceptors (Lipinski definition) is 4. The third kappa shape index (κ3) is 4.78. The summed E-state index contributed by atoms with van der Waals surface area (Å²) in [6.07, 6.45) is 2.08. The number of ketones is 1. The molecule has 0 aromatic heterocycles. The van der Waals surface area contributed by atoms with E-state index in [4.69, 9.17) is 0 Å². The molecule has 1 saturated heterocycles. The number of hydrogen-bond donors (Lipinski definition) is 2. The van der Waals surface area contributed by atoms with Crippen LogP contribution in [0.5, 0.6) is 0 Å². The van der Waals surface area contributed by atoms with E-state index in [1.807, 2.05) is 6.92 Å². The van der Waals surface area contributed by atoms with Gasteiger partial charge in [-0.3, -0.25) is 4.79 Å². The minimum absolute atomic E-state index is 0. The number of rotatable bonds is 5. The van der Waals surface area contributed by atoms with Gasteiger partial charge in [0.25, 0.3) is 0 Å². The molecule has 1 aromatic rings. The van der Waals surface area contributed by atoms with Gasteiger partial charge in [-0.15, -0.1) is 12.4 Å². The SMILES string of the molecule is CC(=O)c1cccc(S(=O)(=O)NC(C)C2CCCNC2)c1.Cl. The van der Waals surface area contributed by atoms with Crippen LogP contribution in [-0.2, 0) is 10.0 Å². The van der Waals surface area contributed by atoms with E-state index in [0.29, 0.717) is 11.5 Å². The minimum atomic E-state index is -3.59. The van der Waals surface area contributed by atoms with Gasteiger partial charge in [-0.1, -0.05) is 12.1 Å². The molecule has 1 aliphatic heterocycles. The van der Waals surface area contributed by atoms with Crippen molar-refractivity contribution in [1.82, 2.24) is 10.0 Å². The third-order valence-electron chi connectivity index (χ3n) is 3.93. The number of Topliss-reactive ketones (excluding diaryl/α,β-unsaturated/α-hetero) is 1. The molecule has 0 bridgehead atoms. The number of sulfonamides is 1. The van der Waals surface area contributed by atoms with Crippen molar-refractivity contribution in [2.24, 2.45) is 5.92 Å². The molecular formula is C15H23ClN2O3S. The van der Waals surface area contributed by atoms with Gasteiger partial charge in [0.15, 0.2) is 5.78 Å². The molecule has 0 radical (unpaired) electrons. The zero-order valence-electron chi connectivity index (χ0n) is 12.8. The molecule has 7 heteroatoms. The highest BCUT2D eigenvalue weighted by Gasteiger charge is 2.25. The van der Waals surface area contributed by atoms with E-state index in [9.17, 15) is 13.2 Å². The van der Waals surface area contributed by atoms with Crippen molar-refractivity contribution in [3.8, 4) is 0 Å². The molecule has 1 fully saturated rings. The van der Waals surface area contributed by atoms with Gasteiger partial charge >= 0.3 is 0 Å². The highest BCUT2D eigenvalue weighted by atomic mass is 35.5. The molecule has 22 heavy (non-hydrogen) atoms. The molecular weight excluding hydrogens is 324 g/mol. The summed E-state index contributed by atoms with van der Waals surface area (Å²) in [5.74, 6) is 0.154. The summed E-state index contributed by atoms with van der Waals surface area (Å²) >= 11 is 0. The summed E-state index contributed by atoms with van der Waals surface area (Å²) in [7, 11) is -3.59. The van der Waals surface area contributed by atoms with E-state index in [1.54, 1.807) is 12.1 Å². The topological polar surface area (TPSA) is 75.3 Å². The number of benzene rings is 1. The Balaban J connectivity index is 0.00000242. The van der Waals surface area contributed by atoms with Crippen LogP contribution in [0, 0.1) is 5.92 Å². The molecule has 2 unspecified atom stereocenters. The maximum absolute atomic E-state index is 12.4. The van der Waals surface area contributed by atoms with Crippen molar-refractivity contribution < 1.29 is 13.2 Å². The fourth-order valence-corrected chi connectivity index (χ4v) is 3.95. The largest absolute Gasteiger partial charge is 0.316 e. The van der Waals surface area contributed by atoms with Crippen LogP contribution >= 0.6 is 12.4 Å². The van der Waals surface area contributed by atoms with Gasteiger partial charge in [0, 0.05) is 11.6 Å². The maximum Gasteiger partial charge on any atom is 0.240 e. The van der Waals surface area contributed by atoms with Crippen LogP contribution < -0.4 is 10.0 Å². The Labute approximate surface area is 138 Å². The second-order valence-electron chi connectivity index (χ2n) is 5.60. The van der Waals surface area contributed by atoms with Gasteiger partial charge in [-0.2, -0.15) is 0 Å². The maximum atomic E-state index is 12.4. The molecule has 1 aromatic carbocycles. The monoisotopic (exact) mass is 346 g/mol. The molecule has 0 spiro atoms. The second kappa shape index (κ2) is 8.06. The molecule has 124 valence electrons. The first-order valence-electron chi connectivity index (χ1n) is 7.24. The van der Waals surface area contributed by atoms with Gasteiger partial charge in [-0.25, -0.2) is 13.1 Å². The Morgan fingerprint density at radius 1 is 1.41 bits per heavy atom. The first-order chi connectivity index (χ1) is 9.90. The first-order valence-corrected chi connectivity index (χ1v) is 8.72. The van der Waals surface area contributed by atoms with Crippen molar-refractivity contribution in [3.63, 3.8) is 0 Å². The van der Waals surface area contributed by atoms with Crippen molar-refractivity contribution in [2.45, 2.75) is 37.6 Å². The Morgan fingerprint density at radius 2 is 2.14 bits per heavy atom. The highest BCUT2D eigenvalue weighted by Crippen LogP contribution is 2.18. The van der Waals surface area contributed by atoms with E-state index in [-0.39, 0.29) is 29.1 Å². The molecule has 0 amide bonds. The molecule has 1 aliphatic rings. The van der Waals surface area contributed by atoms with E-state index in [1.165, 1.54) is 19.1 Å². The molecule has 2 N–H and O–H groups in total. The fraction of sp³-hybridized carbons (Fsp3) is 0.533. The molecule has 2 rings (SSSR count). The standard InChI is InChI=1S/C15H22N2O3S.ClH/c1-11(14-6-4-8-16-10-14)17-21(19,20)15-7-3-5-13(9-15)12(2)18;/h3,5,7,9,11,14,16-17H,4,6,8,10H2,1-2H3;1H. The van der Waals surface area contributed by atoms with Crippen LogP contribution in [0.2, 0.25) is 0 Å². The zero-order valence-corrected chi connectivity index (χ0v) is 14.5. The van der Waals surface area contributed by atoms with E-state index in [2.05, 4.69) is 10.0 Å². The van der Waals surface area contributed by atoms with Crippen molar-refractivity contribution >= 4 is 28.2 Å². The van der Waals surface area contributed by atoms with Crippen molar-refractivity contribution in [2.75, 3.05) is 13.1 Å². The van der Waals surface area contributed by atoms with Crippen LogP contribution in [0.1, 0.15) is 37.0 Å². The van der Waals surface area contributed by atoms with Gasteiger partial charge < -0.3 is 5.32 Å². The number of halogens is 1. The average Bonchev–Trinajstić information content (AvgIpc) is 2.48. The zero-order chi connectivity index (χ0) is 15.5. The Morgan fingerprint density at radius 3 is 2.73 bits per heavy atom. The summed E-state index contributed by atoms with van der Waals surface area (Å²) in [5, 5.41) is 3.29. The quantitative estimate of drug-likeness (QED) is 0.799. The summed E-state index contributed by atoms with van der Waals surface area (Å²) in [4.78, 5) is 11.5. The number of carbonyl (C=O) groups excluding carboxylic acids is 1. The van der Waals surface area contributed by atoms with Crippen molar-refractivity contribution in [1.29, 1.82) is 0 Å². The molecule has 1 heterocycles. The number of piperidine rings is 1. The number of carbonyl (C=O) groups is 1. The lowest BCUT2D eigenvalue weighted by atomic mass is 9.94. The van der Waals surface area contributed by atoms with E-state index < -0.39 is 10.0 Å². The lowest BCUT2D eigenvalue weighted by Crippen LogP contribution is -2.44. The normalized spacial score (nSPS) is 20.0. The average molecular weight is 347 g/mol. The summed E-state index contributed by atoms with van der Waals surface area (Å²) in [6, 6.07) is 6.02. The minimum Gasteiger partial charge on any atom is -0.316 e. The lowest BCUT2D eigenvalue weighted by molar-refractivity contribution is 0.101. The Bertz CT molecular complexity index is 613. The van der Waals surface area contributed by atoms with E-state index >= 15 is 0 Å². The van der Waals surface area contributed by atoms with Crippen LogP contribution in [0.15, 0.2) is 29.2 Å². The van der Waals surface area contributed by atoms with Crippen LogP contribution in [-0.4, -0.2) is 33.3 Å². The Kier molecular flexibility index (Phi) is 6.99. The van der Waals surface area contributed by atoms with Gasteiger partial charge in [-0.05, 0) is 57.8 Å². The number of nitrogens with one attached hydrogen (secondary N) is 2. The smallest absolute Gasteiger partial charge is 0.240 e. The lowest BCUT2D eigenvalue weighted by Gasteiger charge is -2.28. The Hall–Kier alpha value is -0.950.